The van der Waals surface area contributed by atoms with Gasteiger partial charge in [-0.15, -0.1) is 0 Å². The van der Waals surface area contributed by atoms with E-state index in [-0.39, 0.29) is 11.6 Å². The lowest BCUT2D eigenvalue weighted by Gasteiger charge is -2.02. The number of rotatable bonds is 5. The summed E-state index contributed by atoms with van der Waals surface area (Å²) in [6, 6.07) is 12.5. The molecule has 1 aliphatic heterocycles. The molecule has 0 N–H and O–H groups in total. The fraction of sp³-hybridized carbons (Fsp3) is 0.100. The lowest BCUT2D eigenvalue weighted by atomic mass is 10.2. The van der Waals surface area contributed by atoms with Crippen molar-refractivity contribution in [3.05, 3.63) is 75.4 Å². The molecule has 132 valence electrons. The lowest BCUT2D eigenvalue weighted by Crippen LogP contribution is -2.01. The Balaban J connectivity index is 1.76. The standard InChI is InChI=1S/C20H15Cl2NO3/c1-2-25-16-8-3-13(4-9-16)11-18-20(24)26-19(23-18)10-6-14-5-7-15(21)12-17(14)22/h3-12H,2H2,1H3/b10-6+,18-11-. The molecule has 0 bridgehead atoms. The zero-order valence-corrected chi connectivity index (χ0v) is 15.4. The number of benzene rings is 2. The number of halogens is 2. The first-order chi connectivity index (χ1) is 12.5. The van der Waals surface area contributed by atoms with Crippen molar-refractivity contribution in [2.24, 2.45) is 4.99 Å². The highest BCUT2D eigenvalue weighted by molar-refractivity contribution is 6.35. The maximum absolute atomic E-state index is 12.0. The third-order valence-corrected chi connectivity index (χ3v) is 4.06. The molecule has 0 saturated carbocycles. The van der Waals surface area contributed by atoms with Gasteiger partial charge >= 0.3 is 5.97 Å². The summed E-state index contributed by atoms with van der Waals surface area (Å²) < 4.78 is 10.5. The van der Waals surface area contributed by atoms with E-state index in [0.717, 1.165) is 16.9 Å². The first kappa shape index (κ1) is 18.2. The van der Waals surface area contributed by atoms with Crippen LogP contribution >= 0.6 is 23.2 Å². The van der Waals surface area contributed by atoms with E-state index in [2.05, 4.69) is 4.99 Å². The van der Waals surface area contributed by atoms with E-state index >= 15 is 0 Å². The second-order valence-electron chi connectivity index (χ2n) is 5.37. The van der Waals surface area contributed by atoms with Gasteiger partial charge in [-0.2, -0.15) is 0 Å². The van der Waals surface area contributed by atoms with Gasteiger partial charge in [0.15, 0.2) is 5.70 Å². The van der Waals surface area contributed by atoms with Crippen molar-refractivity contribution >= 4 is 47.2 Å². The van der Waals surface area contributed by atoms with Gasteiger partial charge in [-0.25, -0.2) is 9.79 Å². The summed E-state index contributed by atoms with van der Waals surface area (Å²) in [5, 5.41) is 1.06. The first-order valence-corrected chi connectivity index (χ1v) is 8.69. The SMILES string of the molecule is CCOc1ccc(/C=C2N=C(/C=C/c3ccc(Cl)cc3Cl)OC\2=O)cc1. The van der Waals surface area contributed by atoms with E-state index in [1.54, 1.807) is 36.4 Å². The van der Waals surface area contributed by atoms with Crippen molar-refractivity contribution in [3.63, 3.8) is 0 Å². The summed E-state index contributed by atoms with van der Waals surface area (Å²) in [4.78, 5) is 16.2. The van der Waals surface area contributed by atoms with Gasteiger partial charge in [0.1, 0.15) is 5.75 Å². The molecule has 2 aromatic carbocycles. The van der Waals surface area contributed by atoms with Crippen LogP contribution in [0.3, 0.4) is 0 Å². The minimum atomic E-state index is -0.499. The molecule has 0 aliphatic carbocycles. The first-order valence-electron chi connectivity index (χ1n) is 7.93. The monoisotopic (exact) mass is 387 g/mol. The molecule has 2 aromatic rings. The Morgan fingerprint density at radius 2 is 1.88 bits per heavy atom. The van der Waals surface area contributed by atoms with Crippen LogP contribution in [-0.2, 0) is 9.53 Å². The molecule has 0 unspecified atom stereocenters. The van der Waals surface area contributed by atoms with Crippen molar-refractivity contribution in [2.45, 2.75) is 6.92 Å². The van der Waals surface area contributed by atoms with E-state index in [9.17, 15) is 4.79 Å². The molecule has 0 atom stereocenters. The summed E-state index contributed by atoms with van der Waals surface area (Å²) in [6.45, 7) is 2.52. The molecule has 0 saturated heterocycles. The number of hydrogen-bond acceptors (Lipinski definition) is 4. The zero-order valence-electron chi connectivity index (χ0n) is 13.9. The van der Waals surface area contributed by atoms with Gasteiger partial charge in [0.2, 0.25) is 5.90 Å². The van der Waals surface area contributed by atoms with Crippen molar-refractivity contribution in [1.29, 1.82) is 0 Å². The van der Waals surface area contributed by atoms with Crippen LogP contribution in [0.5, 0.6) is 5.75 Å². The summed E-state index contributed by atoms with van der Waals surface area (Å²) >= 11 is 12.0. The predicted octanol–water partition coefficient (Wildman–Crippen LogP) is 5.40. The molecular weight excluding hydrogens is 373 g/mol. The van der Waals surface area contributed by atoms with Crippen LogP contribution in [0.4, 0.5) is 0 Å². The molecule has 0 fully saturated rings. The van der Waals surface area contributed by atoms with Crippen LogP contribution in [0.15, 0.2) is 59.2 Å². The van der Waals surface area contributed by atoms with Gasteiger partial charge < -0.3 is 9.47 Å². The van der Waals surface area contributed by atoms with E-state index in [4.69, 9.17) is 32.7 Å². The molecular formula is C20H15Cl2NO3. The molecule has 0 amide bonds. The second kappa shape index (κ2) is 8.21. The van der Waals surface area contributed by atoms with E-state index in [1.165, 1.54) is 0 Å². The second-order valence-corrected chi connectivity index (χ2v) is 6.21. The summed E-state index contributed by atoms with van der Waals surface area (Å²) in [6.07, 6.45) is 4.96. The number of cyclic esters (lactones) is 1. The maximum atomic E-state index is 12.0. The number of aliphatic imine (C=N–C) groups is 1. The fourth-order valence-corrected chi connectivity index (χ4v) is 2.75. The minimum Gasteiger partial charge on any atom is -0.494 e. The zero-order chi connectivity index (χ0) is 18.5. The van der Waals surface area contributed by atoms with E-state index in [1.807, 2.05) is 31.2 Å². The van der Waals surface area contributed by atoms with Crippen LogP contribution in [-0.4, -0.2) is 18.5 Å². The molecule has 1 aliphatic rings. The number of carbonyl (C=O) groups is 1. The summed E-state index contributed by atoms with van der Waals surface area (Å²) in [7, 11) is 0. The van der Waals surface area contributed by atoms with E-state index in [0.29, 0.717) is 16.7 Å². The molecule has 3 rings (SSSR count). The lowest BCUT2D eigenvalue weighted by molar-refractivity contribution is -0.129. The topological polar surface area (TPSA) is 47.9 Å². The highest BCUT2D eigenvalue weighted by Crippen LogP contribution is 2.23. The smallest absolute Gasteiger partial charge is 0.363 e. The predicted molar refractivity (Wildman–Crippen MR) is 105 cm³/mol. The van der Waals surface area contributed by atoms with Gasteiger partial charge in [-0.3, -0.25) is 0 Å². The van der Waals surface area contributed by atoms with Crippen LogP contribution in [0.1, 0.15) is 18.1 Å². The molecule has 6 heteroatoms. The number of hydrogen-bond donors (Lipinski definition) is 0. The van der Waals surface area contributed by atoms with Crippen molar-refractivity contribution < 1.29 is 14.3 Å². The van der Waals surface area contributed by atoms with Gasteiger partial charge in [-0.1, -0.05) is 41.4 Å². The van der Waals surface area contributed by atoms with E-state index < -0.39 is 5.97 Å². The Morgan fingerprint density at radius 3 is 2.58 bits per heavy atom. The Morgan fingerprint density at radius 1 is 1.12 bits per heavy atom. The Labute approximate surface area is 161 Å². The molecule has 26 heavy (non-hydrogen) atoms. The maximum Gasteiger partial charge on any atom is 0.363 e. The van der Waals surface area contributed by atoms with Gasteiger partial charge in [-0.05, 0) is 54.5 Å². The van der Waals surface area contributed by atoms with Crippen LogP contribution in [0.2, 0.25) is 10.0 Å². The normalized spacial score (nSPS) is 15.4. The van der Waals surface area contributed by atoms with Crippen molar-refractivity contribution in [3.8, 4) is 5.75 Å². The molecule has 0 aromatic heterocycles. The molecule has 0 spiro atoms. The Bertz CT molecular complexity index is 915. The van der Waals surface area contributed by atoms with Gasteiger partial charge in [0.25, 0.3) is 0 Å². The average Bonchev–Trinajstić information content (AvgIpc) is 2.96. The molecule has 0 radical (unpaired) electrons. The van der Waals surface area contributed by atoms with Crippen LogP contribution in [0, 0.1) is 0 Å². The number of carbonyl (C=O) groups excluding carboxylic acids is 1. The average molecular weight is 388 g/mol. The minimum absolute atomic E-state index is 0.207. The highest BCUT2D eigenvalue weighted by atomic mass is 35.5. The number of ether oxygens (including phenoxy) is 2. The van der Waals surface area contributed by atoms with Gasteiger partial charge in [0, 0.05) is 16.1 Å². The van der Waals surface area contributed by atoms with Crippen LogP contribution < -0.4 is 4.74 Å². The van der Waals surface area contributed by atoms with Crippen LogP contribution in [0.25, 0.3) is 12.2 Å². The summed E-state index contributed by atoms with van der Waals surface area (Å²) in [5.74, 6) is 0.481. The highest BCUT2D eigenvalue weighted by Gasteiger charge is 2.21. The van der Waals surface area contributed by atoms with Crippen molar-refractivity contribution in [2.75, 3.05) is 6.61 Å². The third-order valence-electron chi connectivity index (χ3n) is 3.50. The largest absolute Gasteiger partial charge is 0.494 e. The van der Waals surface area contributed by atoms with Crippen molar-refractivity contribution in [1.82, 2.24) is 0 Å². The quantitative estimate of drug-likeness (QED) is 0.509. The Hall–Kier alpha value is -2.56. The number of esters is 1. The molecule has 4 nitrogen and oxygen atoms in total. The fourth-order valence-electron chi connectivity index (χ4n) is 2.28. The summed E-state index contributed by atoms with van der Waals surface area (Å²) in [5.41, 5.74) is 1.81. The number of nitrogens with zero attached hydrogens (tertiary/aromatic N) is 1. The van der Waals surface area contributed by atoms with Gasteiger partial charge in [0.05, 0.1) is 6.61 Å². The Kier molecular flexibility index (Phi) is 5.76. The molecule has 1 heterocycles. The third kappa shape index (κ3) is 4.54.